The molecule has 1 atom stereocenters. The van der Waals surface area contributed by atoms with E-state index in [9.17, 15) is 14.4 Å². The van der Waals surface area contributed by atoms with Crippen molar-refractivity contribution in [2.24, 2.45) is 5.92 Å². The number of aryl methyl sites for hydroxylation is 2. The molecule has 1 aliphatic heterocycles. The molecular weight excluding hydrogens is 378 g/mol. The van der Waals surface area contributed by atoms with Gasteiger partial charge in [0.1, 0.15) is 0 Å². The van der Waals surface area contributed by atoms with E-state index in [0.717, 1.165) is 16.8 Å². The largest absolute Gasteiger partial charge is 0.347 e. The van der Waals surface area contributed by atoms with Gasteiger partial charge in [0, 0.05) is 18.7 Å². The lowest BCUT2D eigenvalue weighted by Gasteiger charge is -2.18. The van der Waals surface area contributed by atoms with E-state index in [0.29, 0.717) is 10.7 Å². The summed E-state index contributed by atoms with van der Waals surface area (Å²) in [6.45, 7) is 3.92. The topological polar surface area (TPSA) is 78.5 Å². The predicted octanol–water partition coefficient (Wildman–Crippen LogP) is 3.06. The van der Waals surface area contributed by atoms with E-state index in [1.165, 1.54) is 4.90 Å². The number of para-hydroxylation sites is 2. The maximum Gasteiger partial charge on any atom is 0.243 e. The molecule has 1 aliphatic rings. The first-order chi connectivity index (χ1) is 13.4. The summed E-state index contributed by atoms with van der Waals surface area (Å²) in [4.78, 5) is 38.5. The maximum absolute atomic E-state index is 12.4. The Morgan fingerprint density at radius 3 is 2.46 bits per heavy atom. The fourth-order valence-corrected chi connectivity index (χ4v) is 3.53. The number of nitrogens with one attached hydrogen (secondary N) is 2. The van der Waals surface area contributed by atoms with Crippen molar-refractivity contribution in [1.29, 1.82) is 0 Å². The Balaban J connectivity index is 1.56. The molecule has 1 heterocycles. The van der Waals surface area contributed by atoms with Crippen LogP contribution in [0.2, 0.25) is 5.02 Å². The number of carbonyl (C=O) groups excluding carboxylic acids is 3. The molecule has 7 heteroatoms. The zero-order valence-corrected chi connectivity index (χ0v) is 16.5. The van der Waals surface area contributed by atoms with Gasteiger partial charge in [0.2, 0.25) is 17.7 Å². The second-order valence-electron chi connectivity index (χ2n) is 6.89. The summed E-state index contributed by atoms with van der Waals surface area (Å²) in [6, 6.07) is 12.8. The Kier molecular flexibility index (Phi) is 5.99. The number of amides is 3. The molecule has 1 fully saturated rings. The summed E-state index contributed by atoms with van der Waals surface area (Å²) in [5.74, 6) is -1.30. The molecule has 2 aromatic carbocycles. The minimum atomic E-state index is -0.517. The van der Waals surface area contributed by atoms with Crippen LogP contribution in [-0.4, -0.2) is 30.8 Å². The van der Waals surface area contributed by atoms with Crippen molar-refractivity contribution in [1.82, 2.24) is 5.32 Å². The molecule has 28 heavy (non-hydrogen) atoms. The average molecular weight is 400 g/mol. The number of hydrogen-bond donors (Lipinski definition) is 2. The SMILES string of the molecule is Cc1cccc(C)c1NC(=O)CNC(=O)[C@H]1CC(=O)N(c2ccccc2Cl)C1. The van der Waals surface area contributed by atoms with Crippen LogP contribution in [0, 0.1) is 19.8 Å². The zero-order chi connectivity index (χ0) is 20.3. The first-order valence-corrected chi connectivity index (χ1v) is 9.43. The molecule has 1 saturated heterocycles. The molecule has 3 rings (SSSR count). The van der Waals surface area contributed by atoms with Crippen LogP contribution in [-0.2, 0) is 14.4 Å². The highest BCUT2D eigenvalue weighted by Crippen LogP contribution is 2.31. The third kappa shape index (κ3) is 4.34. The van der Waals surface area contributed by atoms with Gasteiger partial charge in [-0.2, -0.15) is 0 Å². The molecule has 2 N–H and O–H groups in total. The second kappa shape index (κ2) is 8.44. The molecule has 0 bridgehead atoms. The van der Waals surface area contributed by atoms with Crippen molar-refractivity contribution < 1.29 is 14.4 Å². The Labute approximate surface area is 168 Å². The van der Waals surface area contributed by atoms with Crippen LogP contribution < -0.4 is 15.5 Å². The molecule has 0 unspecified atom stereocenters. The van der Waals surface area contributed by atoms with E-state index in [1.807, 2.05) is 32.0 Å². The third-order valence-corrected chi connectivity index (χ3v) is 5.13. The normalized spacial score (nSPS) is 16.2. The van der Waals surface area contributed by atoms with Crippen molar-refractivity contribution in [3.8, 4) is 0 Å². The number of nitrogens with zero attached hydrogens (tertiary/aromatic N) is 1. The molecule has 0 aromatic heterocycles. The molecule has 146 valence electrons. The quantitative estimate of drug-likeness (QED) is 0.811. The Morgan fingerprint density at radius 2 is 1.79 bits per heavy atom. The number of halogens is 1. The van der Waals surface area contributed by atoms with Crippen molar-refractivity contribution in [2.75, 3.05) is 23.3 Å². The van der Waals surface area contributed by atoms with Gasteiger partial charge < -0.3 is 15.5 Å². The van der Waals surface area contributed by atoms with Gasteiger partial charge in [0.05, 0.1) is 23.2 Å². The Bertz CT molecular complexity index is 909. The molecule has 6 nitrogen and oxygen atoms in total. The van der Waals surface area contributed by atoms with Gasteiger partial charge in [-0.1, -0.05) is 41.9 Å². The lowest BCUT2D eigenvalue weighted by molar-refractivity contribution is -0.127. The summed E-state index contributed by atoms with van der Waals surface area (Å²) >= 11 is 6.15. The van der Waals surface area contributed by atoms with Crippen LogP contribution in [0.1, 0.15) is 17.5 Å². The van der Waals surface area contributed by atoms with Gasteiger partial charge in [0.25, 0.3) is 0 Å². The van der Waals surface area contributed by atoms with Gasteiger partial charge in [-0.25, -0.2) is 0 Å². The Hall–Kier alpha value is -2.86. The van der Waals surface area contributed by atoms with Crippen molar-refractivity contribution in [3.63, 3.8) is 0 Å². The van der Waals surface area contributed by atoms with Crippen LogP contribution in [0.5, 0.6) is 0 Å². The van der Waals surface area contributed by atoms with Gasteiger partial charge in [-0.15, -0.1) is 0 Å². The molecule has 0 saturated carbocycles. The first kappa shape index (κ1) is 19.9. The van der Waals surface area contributed by atoms with E-state index < -0.39 is 5.92 Å². The number of anilines is 2. The number of benzene rings is 2. The third-order valence-electron chi connectivity index (χ3n) is 4.81. The fraction of sp³-hybridized carbons (Fsp3) is 0.286. The first-order valence-electron chi connectivity index (χ1n) is 9.05. The molecule has 3 amide bonds. The molecular formula is C21H22ClN3O3. The number of rotatable bonds is 5. The van der Waals surface area contributed by atoms with Crippen LogP contribution in [0.4, 0.5) is 11.4 Å². The monoisotopic (exact) mass is 399 g/mol. The smallest absolute Gasteiger partial charge is 0.243 e. The summed E-state index contributed by atoms with van der Waals surface area (Å²) in [5.41, 5.74) is 3.26. The van der Waals surface area contributed by atoms with E-state index in [1.54, 1.807) is 24.3 Å². The highest BCUT2D eigenvalue weighted by atomic mass is 35.5. The molecule has 0 spiro atoms. The van der Waals surface area contributed by atoms with E-state index >= 15 is 0 Å². The van der Waals surface area contributed by atoms with Gasteiger partial charge in [-0.05, 0) is 37.1 Å². The minimum Gasteiger partial charge on any atom is -0.347 e. The lowest BCUT2D eigenvalue weighted by atomic mass is 10.1. The summed E-state index contributed by atoms with van der Waals surface area (Å²) in [6.07, 6.45) is 0.0928. The maximum atomic E-state index is 12.4. The average Bonchev–Trinajstić information content (AvgIpc) is 3.05. The van der Waals surface area contributed by atoms with Crippen LogP contribution in [0.25, 0.3) is 0 Å². The van der Waals surface area contributed by atoms with Gasteiger partial charge in [-0.3, -0.25) is 14.4 Å². The van der Waals surface area contributed by atoms with Crippen LogP contribution in [0.15, 0.2) is 42.5 Å². The second-order valence-corrected chi connectivity index (χ2v) is 7.30. The van der Waals surface area contributed by atoms with Crippen LogP contribution >= 0.6 is 11.6 Å². The van der Waals surface area contributed by atoms with E-state index in [2.05, 4.69) is 10.6 Å². The molecule has 0 radical (unpaired) electrons. The summed E-state index contributed by atoms with van der Waals surface area (Å²) < 4.78 is 0. The summed E-state index contributed by atoms with van der Waals surface area (Å²) in [7, 11) is 0. The van der Waals surface area contributed by atoms with Crippen LogP contribution in [0.3, 0.4) is 0 Å². The lowest BCUT2D eigenvalue weighted by Crippen LogP contribution is -2.38. The highest BCUT2D eigenvalue weighted by molar-refractivity contribution is 6.33. The van der Waals surface area contributed by atoms with E-state index in [-0.39, 0.29) is 37.2 Å². The van der Waals surface area contributed by atoms with Gasteiger partial charge >= 0.3 is 0 Å². The van der Waals surface area contributed by atoms with Crippen molar-refractivity contribution in [3.05, 3.63) is 58.6 Å². The fourth-order valence-electron chi connectivity index (χ4n) is 3.29. The highest BCUT2D eigenvalue weighted by Gasteiger charge is 2.35. The van der Waals surface area contributed by atoms with Gasteiger partial charge in [0.15, 0.2) is 0 Å². The standard InChI is InChI=1S/C21H22ClN3O3/c1-13-6-5-7-14(2)20(13)24-18(26)11-23-21(28)15-10-19(27)25(12-15)17-9-4-3-8-16(17)22/h3-9,15H,10-12H2,1-2H3,(H,23,28)(H,24,26)/t15-/m0/s1. The van der Waals surface area contributed by atoms with E-state index in [4.69, 9.17) is 11.6 Å². The van der Waals surface area contributed by atoms with Crippen molar-refractivity contribution >= 4 is 40.7 Å². The Morgan fingerprint density at radius 1 is 1.11 bits per heavy atom. The number of carbonyl (C=O) groups is 3. The predicted molar refractivity (Wildman–Crippen MR) is 109 cm³/mol. The zero-order valence-electron chi connectivity index (χ0n) is 15.8. The number of hydrogen-bond acceptors (Lipinski definition) is 3. The summed E-state index contributed by atoms with van der Waals surface area (Å²) in [5, 5.41) is 5.92. The molecule has 0 aliphatic carbocycles. The van der Waals surface area contributed by atoms with Crippen molar-refractivity contribution in [2.45, 2.75) is 20.3 Å². The minimum absolute atomic E-state index is 0.0928. The molecule has 2 aromatic rings.